The molecule has 0 nitrogen and oxygen atoms in total. The Bertz CT molecular complexity index is 206. The fraction of sp³-hybridized carbons (Fsp3) is 1.00. The molecule has 84 valence electrons. The van der Waals surface area contributed by atoms with Gasteiger partial charge in [-0.15, -0.1) is 0 Å². The highest BCUT2D eigenvalue weighted by atomic mass is 14.6. The first-order chi connectivity index (χ1) is 5.91. The Hall–Kier alpha value is 0. The molecule has 0 aromatic carbocycles. The van der Waals surface area contributed by atoms with Crippen molar-refractivity contribution >= 4 is 0 Å². The second kappa shape index (κ2) is 2.77. The van der Waals surface area contributed by atoms with E-state index in [1.165, 1.54) is 12.8 Å². The van der Waals surface area contributed by atoms with E-state index in [0.717, 1.165) is 0 Å². The van der Waals surface area contributed by atoms with Gasteiger partial charge >= 0.3 is 0 Å². The van der Waals surface area contributed by atoms with Gasteiger partial charge in [-0.25, -0.2) is 0 Å². The van der Waals surface area contributed by atoms with Crippen LogP contribution in [-0.4, -0.2) is 0 Å². The van der Waals surface area contributed by atoms with Crippen molar-refractivity contribution in [3.63, 3.8) is 0 Å². The van der Waals surface area contributed by atoms with Gasteiger partial charge in [0, 0.05) is 0 Å². The van der Waals surface area contributed by atoms with Gasteiger partial charge in [-0.05, 0) is 34.5 Å². The summed E-state index contributed by atoms with van der Waals surface area (Å²) in [5, 5.41) is 0. The van der Waals surface area contributed by atoms with Crippen molar-refractivity contribution in [2.24, 2.45) is 21.7 Å². The average molecular weight is 196 g/mol. The molecule has 0 unspecified atom stereocenters. The number of rotatable bonds is 0. The third-order valence-corrected chi connectivity index (χ3v) is 5.22. The molecule has 0 radical (unpaired) electrons. The van der Waals surface area contributed by atoms with Crippen LogP contribution in [0.1, 0.15) is 68.2 Å². The van der Waals surface area contributed by atoms with E-state index >= 15 is 0 Å². The molecular weight excluding hydrogens is 168 g/mol. The molecule has 0 amide bonds. The second-order valence-electron chi connectivity index (χ2n) is 7.91. The summed E-state index contributed by atoms with van der Waals surface area (Å²) in [7, 11) is 0. The van der Waals surface area contributed by atoms with Crippen LogP contribution in [0.3, 0.4) is 0 Å². The van der Waals surface area contributed by atoms with Crippen LogP contribution in [-0.2, 0) is 0 Å². The van der Waals surface area contributed by atoms with Crippen LogP contribution in [0, 0.1) is 21.7 Å². The lowest BCUT2D eigenvalue weighted by Gasteiger charge is -2.61. The minimum absolute atomic E-state index is 0.426. The lowest BCUT2D eigenvalue weighted by atomic mass is 9.44. The third-order valence-electron chi connectivity index (χ3n) is 5.22. The Kier molecular flexibility index (Phi) is 2.39. The van der Waals surface area contributed by atoms with Gasteiger partial charge in [0.15, 0.2) is 0 Å². The largest absolute Gasteiger partial charge is 0.0599 e. The van der Waals surface area contributed by atoms with Crippen LogP contribution in [0.4, 0.5) is 0 Å². The predicted molar refractivity (Wildman–Crippen MR) is 64.4 cm³/mol. The molecule has 1 fully saturated rings. The summed E-state index contributed by atoms with van der Waals surface area (Å²) in [6, 6.07) is 0. The van der Waals surface area contributed by atoms with Gasteiger partial charge in [0.2, 0.25) is 0 Å². The molecule has 1 aliphatic carbocycles. The Morgan fingerprint density at radius 2 is 0.857 bits per heavy atom. The van der Waals surface area contributed by atoms with Gasteiger partial charge in [-0.1, -0.05) is 55.4 Å². The lowest BCUT2D eigenvalue weighted by Crippen LogP contribution is -2.52. The molecule has 0 aromatic rings. The molecular formula is C14H28. The van der Waals surface area contributed by atoms with Crippen molar-refractivity contribution in [2.45, 2.75) is 68.2 Å². The summed E-state index contributed by atoms with van der Waals surface area (Å²) in [4.78, 5) is 0. The molecule has 0 atom stereocenters. The van der Waals surface area contributed by atoms with Crippen molar-refractivity contribution in [3.8, 4) is 0 Å². The summed E-state index contributed by atoms with van der Waals surface area (Å²) >= 11 is 0. The highest BCUT2D eigenvalue weighted by molar-refractivity contribution is 5.04. The summed E-state index contributed by atoms with van der Waals surface area (Å²) in [5.41, 5.74) is 1.81. The van der Waals surface area contributed by atoms with E-state index in [2.05, 4.69) is 55.4 Å². The lowest BCUT2D eigenvalue weighted by molar-refractivity contribution is -0.115. The molecule has 0 aromatic heterocycles. The summed E-state index contributed by atoms with van der Waals surface area (Å²) in [5.74, 6) is 0. The molecule has 1 rings (SSSR count). The minimum atomic E-state index is 0.426. The first kappa shape index (κ1) is 12.1. The van der Waals surface area contributed by atoms with Crippen LogP contribution < -0.4 is 0 Å². The van der Waals surface area contributed by atoms with Crippen molar-refractivity contribution < 1.29 is 0 Å². The van der Waals surface area contributed by atoms with E-state index in [9.17, 15) is 0 Å². The van der Waals surface area contributed by atoms with Gasteiger partial charge < -0.3 is 0 Å². The van der Waals surface area contributed by atoms with Gasteiger partial charge in [-0.3, -0.25) is 0 Å². The number of hydrogen-bond acceptors (Lipinski definition) is 0. The van der Waals surface area contributed by atoms with Gasteiger partial charge in [-0.2, -0.15) is 0 Å². The maximum absolute atomic E-state index is 2.45. The van der Waals surface area contributed by atoms with Crippen molar-refractivity contribution in [3.05, 3.63) is 0 Å². The molecule has 0 aliphatic heterocycles. The zero-order chi connectivity index (χ0) is 11.4. The predicted octanol–water partition coefficient (Wildman–Crippen LogP) is 4.89. The van der Waals surface area contributed by atoms with E-state index in [-0.39, 0.29) is 0 Å². The molecule has 0 spiro atoms. The SMILES string of the molecule is CC1(C)CC(C)(C)C(C)(C)C(C)(C)C1. The highest BCUT2D eigenvalue weighted by Gasteiger charge is 2.55. The second-order valence-corrected chi connectivity index (χ2v) is 7.91. The maximum atomic E-state index is 2.45. The standard InChI is InChI=1S/C14H28/c1-11(2)9-12(3,4)14(7,8)13(5,6)10-11/h9-10H2,1-8H3. The fourth-order valence-electron chi connectivity index (χ4n) is 3.81. The highest BCUT2D eigenvalue weighted by Crippen LogP contribution is 2.63. The summed E-state index contributed by atoms with van der Waals surface area (Å²) < 4.78 is 0. The van der Waals surface area contributed by atoms with E-state index in [4.69, 9.17) is 0 Å². The fourth-order valence-corrected chi connectivity index (χ4v) is 3.81. The van der Waals surface area contributed by atoms with Crippen LogP contribution in [0.15, 0.2) is 0 Å². The summed E-state index contributed by atoms with van der Waals surface area (Å²) in [6.07, 6.45) is 2.69. The minimum Gasteiger partial charge on any atom is -0.0599 e. The normalized spacial score (nSPS) is 32.6. The zero-order valence-corrected chi connectivity index (χ0v) is 11.4. The van der Waals surface area contributed by atoms with Gasteiger partial charge in [0.25, 0.3) is 0 Å². The molecule has 0 N–H and O–H groups in total. The van der Waals surface area contributed by atoms with Crippen molar-refractivity contribution in [2.75, 3.05) is 0 Å². The van der Waals surface area contributed by atoms with Crippen LogP contribution in [0.25, 0.3) is 0 Å². The molecule has 0 saturated heterocycles. The topological polar surface area (TPSA) is 0 Å². The zero-order valence-electron chi connectivity index (χ0n) is 11.4. The van der Waals surface area contributed by atoms with E-state index in [1.54, 1.807) is 0 Å². The third kappa shape index (κ3) is 1.61. The first-order valence-electron chi connectivity index (χ1n) is 5.91. The molecule has 0 bridgehead atoms. The van der Waals surface area contributed by atoms with Crippen LogP contribution >= 0.6 is 0 Å². The first-order valence-corrected chi connectivity index (χ1v) is 5.91. The maximum Gasteiger partial charge on any atom is -0.0251 e. The van der Waals surface area contributed by atoms with E-state index in [0.29, 0.717) is 21.7 Å². The molecule has 1 saturated carbocycles. The Morgan fingerprint density at radius 1 is 0.571 bits per heavy atom. The monoisotopic (exact) mass is 196 g/mol. The number of hydrogen-bond donors (Lipinski definition) is 0. The Morgan fingerprint density at radius 3 is 1.14 bits per heavy atom. The van der Waals surface area contributed by atoms with Crippen molar-refractivity contribution in [1.82, 2.24) is 0 Å². The van der Waals surface area contributed by atoms with Crippen LogP contribution in [0.2, 0.25) is 0 Å². The summed E-state index contributed by atoms with van der Waals surface area (Å²) in [6.45, 7) is 19.5. The van der Waals surface area contributed by atoms with E-state index < -0.39 is 0 Å². The van der Waals surface area contributed by atoms with Gasteiger partial charge in [0.05, 0.1) is 0 Å². The van der Waals surface area contributed by atoms with E-state index in [1.807, 2.05) is 0 Å². The molecule has 0 heterocycles. The smallest absolute Gasteiger partial charge is 0.0251 e. The van der Waals surface area contributed by atoms with Crippen molar-refractivity contribution in [1.29, 1.82) is 0 Å². The Labute approximate surface area is 90.5 Å². The quantitative estimate of drug-likeness (QED) is 0.518. The van der Waals surface area contributed by atoms with Crippen LogP contribution in [0.5, 0.6) is 0 Å². The molecule has 14 heavy (non-hydrogen) atoms. The Balaban J connectivity index is 3.13. The molecule has 1 aliphatic rings. The van der Waals surface area contributed by atoms with Gasteiger partial charge in [0.1, 0.15) is 0 Å². The average Bonchev–Trinajstić information content (AvgIpc) is 1.77. The molecule has 0 heteroatoms.